The Morgan fingerprint density at radius 2 is 1.66 bits per heavy atom. The number of nitrogens with zero attached hydrogens (tertiary/aromatic N) is 3. The summed E-state index contributed by atoms with van der Waals surface area (Å²) in [5.41, 5.74) is 1.29. The van der Waals surface area contributed by atoms with Gasteiger partial charge in [0.25, 0.3) is 11.6 Å². The number of hydrogen-bond acceptors (Lipinski definition) is 5. The maximum Gasteiger partial charge on any atom is 0.289 e. The first-order valence-corrected chi connectivity index (χ1v) is 10.9. The van der Waals surface area contributed by atoms with Crippen LogP contribution in [-0.4, -0.2) is 54.6 Å². The smallest absolute Gasteiger partial charge is 0.289 e. The van der Waals surface area contributed by atoms with Gasteiger partial charge < -0.3 is 4.90 Å². The minimum absolute atomic E-state index is 0.0913. The normalized spacial score (nSPS) is 15.3. The van der Waals surface area contributed by atoms with Crippen molar-refractivity contribution in [2.24, 2.45) is 0 Å². The predicted molar refractivity (Wildman–Crippen MR) is 108 cm³/mol. The zero-order valence-corrected chi connectivity index (χ0v) is 17.0. The summed E-state index contributed by atoms with van der Waals surface area (Å²) < 4.78 is 26.9. The Hall–Kier alpha value is -2.78. The van der Waals surface area contributed by atoms with Gasteiger partial charge in [-0.1, -0.05) is 37.6 Å². The van der Waals surface area contributed by atoms with Crippen molar-refractivity contribution in [3.05, 3.63) is 69.8 Å². The Bertz CT molecular complexity index is 997. The topological polar surface area (TPSA) is 101 Å². The number of sulfonamides is 1. The van der Waals surface area contributed by atoms with Crippen LogP contribution in [0.3, 0.4) is 0 Å². The third-order valence-corrected chi connectivity index (χ3v) is 6.89. The number of amides is 1. The van der Waals surface area contributed by atoms with E-state index in [1.165, 1.54) is 34.1 Å². The Morgan fingerprint density at radius 1 is 1.03 bits per heavy atom. The molecule has 2 aromatic rings. The third-order valence-electron chi connectivity index (χ3n) is 4.95. The van der Waals surface area contributed by atoms with Gasteiger partial charge in [-0.05, 0) is 30.2 Å². The van der Waals surface area contributed by atoms with Crippen LogP contribution >= 0.6 is 0 Å². The molecule has 0 aromatic heterocycles. The first kappa shape index (κ1) is 20.9. The van der Waals surface area contributed by atoms with E-state index in [9.17, 15) is 23.3 Å². The molecule has 0 atom stereocenters. The Kier molecular flexibility index (Phi) is 6.29. The molecule has 2 aromatic carbocycles. The standard InChI is InChI=1S/C20H23N3O5S/c1-2-5-16-8-10-17(11-9-16)20(24)21-12-14-22(15-13-21)29(27,28)19-7-4-3-6-18(19)23(25)26/h3-4,6-11H,2,5,12-15H2,1H3. The molecule has 8 nitrogen and oxygen atoms in total. The van der Waals surface area contributed by atoms with E-state index < -0.39 is 20.6 Å². The van der Waals surface area contributed by atoms with Crippen LogP contribution in [0.15, 0.2) is 53.4 Å². The monoisotopic (exact) mass is 417 g/mol. The van der Waals surface area contributed by atoms with Gasteiger partial charge in [-0.25, -0.2) is 8.42 Å². The van der Waals surface area contributed by atoms with Gasteiger partial charge in [-0.2, -0.15) is 4.31 Å². The lowest BCUT2D eigenvalue weighted by atomic mass is 10.1. The summed E-state index contributed by atoms with van der Waals surface area (Å²) in [6, 6.07) is 12.8. The summed E-state index contributed by atoms with van der Waals surface area (Å²) in [6.45, 7) is 2.74. The molecule has 0 bridgehead atoms. The Morgan fingerprint density at radius 3 is 2.24 bits per heavy atom. The molecule has 1 amide bonds. The van der Waals surface area contributed by atoms with Crippen molar-refractivity contribution < 1.29 is 18.1 Å². The van der Waals surface area contributed by atoms with E-state index >= 15 is 0 Å². The molecule has 0 unspecified atom stereocenters. The van der Waals surface area contributed by atoms with Crippen molar-refractivity contribution in [3.8, 4) is 0 Å². The summed E-state index contributed by atoms with van der Waals surface area (Å²) in [5, 5.41) is 11.2. The Balaban J connectivity index is 1.70. The van der Waals surface area contributed by atoms with Crippen LogP contribution in [0.5, 0.6) is 0 Å². The zero-order valence-electron chi connectivity index (χ0n) is 16.2. The molecular formula is C20H23N3O5S. The van der Waals surface area contributed by atoms with E-state index in [1.54, 1.807) is 17.0 Å². The summed E-state index contributed by atoms with van der Waals surface area (Å²) in [7, 11) is -4.01. The van der Waals surface area contributed by atoms with Crippen LogP contribution in [0.1, 0.15) is 29.3 Å². The number of aryl methyl sites for hydroxylation is 1. The number of para-hydroxylation sites is 1. The zero-order chi connectivity index (χ0) is 21.0. The van der Waals surface area contributed by atoms with E-state index in [0.29, 0.717) is 5.56 Å². The molecule has 0 aliphatic carbocycles. The molecule has 3 rings (SSSR count). The molecule has 9 heteroatoms. The van der Waals surface area contributed by atoms with Crippen molar-refractivity contribution in [1.29, 1.82) is 0 Å². The van der Waals surface area contributed by atoms with Crippen LogP contribution in [0.4, 0.5) is 5.69 Å². The lowest BCUT2D eigenvalue weighted by molar-refractivity contribution is -0.387. The SMILES string of the molecule is CCCc1ccc(C(=O)N2CCN(S(=O)(=O)c3ccccc3[N+](=O)[O-])CC2)cc1. The fraction of sp³-hybridized carbons (Fsp3) is 0.350. The molecule has 29 heavy (non-hydrogen) atoms. The van der Waals surface area contributed by atoms with Crippen molar-refractivity contribution in [2.75, 3.05) is 26.2 Å². The number of piperazine rings is 1. The molecule has 0 saturated carbocycles. The van der Waals surface area contributed by atoms with E-state index in [2.05, 4.69) is 6.92 Å². The number of carbonyl (C=O) groups is 1. The van der Waals surface area contributed by atoms with E-state index in [4.69, 9.17) is 0 Å². The number of rotatable bonds is 6. The van der Waals surface area contributed by atoms with Crippen LogP contribution in [0.2, 0.25) is 0 Å². The third kappa shape index (κ3) is 4.46. The van der Waals surface area contributed by atoms with Crippen molar-refractivity contribution in [2.45, 2.75) is 24.7 Å². The second-order valence-electron chi connectivity index (χ2n) is 6.87. The average molecular weight is 417 g/mol. The average Bonchev–Trinajstić information content (AvgIpc) is 2.74. The minimum atomic E-state index is -4.01. The van der Waals surface area contributed by atoms with Crippen molar-refractivity contribution >= 4 is 21.6 Å². The van der Waals surface area contributed by atoms with E-state index in [1.807, 2.05) is 12.1 Å². The number of nitro benzene ring substituents is 1. The van der Waals surface area contributed by atoms with Gasteiger partial charge in [0, 0.05) is 37.8 Å². The van der Waals surface area contributed by atoms with E-state index in [0.717, 1.165) is 12.8 Å². The number of hydrogen-bond donors (Lipinski definition) is 0. The molecule has 0 spiro atoms. The van der Waals surface area contributed by atoms with Gasteiger partial charge in [0.1, 0.15) is 0 Å². The summed E-state index contributed by atoms with van der Waals surface area (Å²) >= 11 is 0. The lowest BCUT2D eigenvalue weighted by Gasteiger charge is -2.34. The highest BCUT2D eigenvalue weighted by Crippen LogP contribution is 2.27. The van der Waals surface area contributed by atoms with Gasteiger partial charge in [0.05, 0.1) is 4.92 Å². The Labute approximate surface area is 169 Å². The largest absolute Gasteiger partial charge is 0.336 e. The first-order chi connectivity index (χ1) is 13.8. The molecule has 0 N–H and O–H groups in total. The van der Waals surface area contributed by atoms with Gasteiger partial charge in [0.2, 0.25) is 10.0 Å². The van der Waals surface area contributed by atoms with Crippen molar-refractivity contribution in [3.63, 3.8) is 0 Å². The van der Waals surface area contributed by atoms with Crippen LogP contribution < -0.4 is 0 Å². The lowest BCUT2D eigenvalue weighted by Crippen LogP contribution is -2.50. The number of carbonyl (C=O) groups excluding carboxylic acids is 1. The molecule has 1 saturated heterocycles. The maximum atomic E-state index is 12.9. The second kappa shape index (κ2) is 8.71. The number of nitro groups is 1. The molecule has 1 heterocycles. The molecule has 1 fully saturated rings. The fourth-order valence-electron chi connectivity index (χ4n) is 3.38. The van der Waals surface area contributed by atoms with Crippen LogP contribution in [-0.2, 0) is 16.4 Å². The van der Waals surface area contributed by atoms with Gasteiger partial charge in [-0.15, -0.1) is 0 Å². The highest BCUT2D eigenvalue weighted by atomic mass is 32.2. The van der Waals surface area contributed by atoms with Crippen LogP contribution in [0, 0.1) is 10.1 Å². The summed E-state index contributed by atoms with van der Waals surface area (Å²) in [5.74, 6) is -0.143. The van der Waals surface area contributed by atoms with Gasteiger partial charge >= 0.3 is 0 Å². The van der Waals surface area contributed by atoms with E-state index in [-0.39, 0.29) is 37.0 Å². The predicted octanol–water partition coefficient (Wildman–Crippen LogP) is 2.69. The molecule has 154 valence electrons. The molecule has 0 radical (unpaired) electrons. The minimum Gasteiger partial charge on any atom is -0.336 e. The van der Waals surface area contributed by atoms with Crippen molar-refractivity contribution in [1.82, 2.24) is 9.21 Å². The first-order valence-electron chi connectivity index (χ1n) is 9.46. The molecule has 1 aliphatic rings. The highest BCUT2D eigenvalue weighted by molar-refractivity contribution is 7.89. The second-order valence-corrected chi connectivity index (χ2v) is 8.77. The van der Waals surface area contributed by atoms with Gasteiger partial charge in [0.15, 0.2) is 4.90 Å². The van der Waals surface area contributed by atoms with Crippen LogP contribution in [0.25, 0.3) is 0 Å². The highest BCUT2D eigenvalue weighted by Gasteiger charge is 2.34. The quantitative estimate of drug-likeness (QED) is 0.531. The molecule has 1 aliphatic heterocycles. The molecular weight excluding hydrogens is 394 g/mol. The summed E-state index contributed by atoms with van der Waals surface area (Å²) in [4.78, 5) is 24.5. The summed E-state index contributed by atoms with van der Waals surface area (Å²) in [6.07, 6.45) is 1.99. The van der Waals surface area contributed by atoms with Gasteiger partial charge in [-0.3, -0.25) is 14.9 Å². The number of benzene rings is 2. The fourth-order valence-corrected chi connectivity index (χ4v) is 4.96. The maximum absolute atomic E-state index is 12.9.